The first-order chi connectivity index (χ1) is 7.67. The van der Waals surface area contributed by atoms with E-state index >= 15 is 0 Å². The lowest BCUT2D eigenvalue weighted by molar-refractivity contribution is 0.815. The normalized spacial score (nSPS) is 10.3. The molecule has 0 fully saturated rings. The smallest absolute Gasteiger partial charge is 0.148 e. The Labute approximate surface area is 97.0 Å². The summed E-state index contributed by atoms with van der Waals surface area (Å²) >= 11 is 0. The highest BCUT2D eigenvalue weighted by molar-refractivity contribution is 5.58. The quantitative estimate of drug-likeness (QED) is 0.584. The van der Waals surface area contributed by atoms with Crippen molar-refractivity contribution in [3.63, 3.8) is 0 Å². The number of aromatic nitrogens is 2. The maximum atomic E-state index is 5.47. The van der Waals surface area contributed by atoms with Gasteiger partial charge in [-0.05, 0) is 20.8 Å². The minimum absolute atomic E-state index is 0.716. The summed E-state index contributed by atoms with van der Waals surface area (Å²) in [5.74, 6) is 7.98. The van der Waals surface area contributed by atoms with E-state index in [9.17, 15) is 0 Å². The van der Waals surface area contributed by atoms with Crippen LogP contribution in [0.2, 0.25) is 0 Å². The summed E-state index contributed by atoms with van der Waals surface area (Å²) in [6, 6.07) is 0. The number of aryl methyl sites for hydroxylation is 1. The second-order valence-electron chi connectivity index (χ2n) is 3.61. The molecule has 0 atom stereocenters. The molecule has 0 spiro atoms. The van der Waals surface area contributed by atoms with Crippen molar-refractivity contribution in [2.24, 2.45) is 5.84 Å². The Morgan fingerprint density at radius 2 is 1.81 bits per heavy atom. The van der Waals surface area contributed by atoms with E-state index in [0.717, 1.165) is 36.7 Å². The van der Waals surface area contributed by atoms with Crippen molar-refractivity contribution in [3.8, 4) is 0 Å². The lowest BCUT2D eigenvalue weighted by Gasteiger charge is -2.23. The Balaban J connectivity index is 3.24. The van der Waals surface area contributed by atoms with Crippen LogP contribution in [-0.4, -0.2) is 23.1 Å². The van der Waals surface area contributed by atoms with Gasteiger partial charge in [0.05, 0.1) is 0 Å². The third-order valence-corrected chi connectivity index (χ3v) is 2.68. The van der Waals surface area contributed by atoms with Crippen LogP contribution >= 0.6 is 0 Å². The van der Waals surface area contributed by atoms with E-state index in [4.69, 9.17) is 5.84 Å². The number of hydrogen-bond acceptors (Lipinski definition) is 5. The van der Waals surface area contributed by atoms with Crippen molar-refractivity contribution in [1.29, 1.82) is 0 Å². The highest BCUT2D eigenvalue weighted by atomic mass is 15.3. The topological polar surface area (TPSA) is 67.1 Å². The second-order valence-corrected chi connectivity index (χ2v) is 3.61. The molecular weight excluding hydrogens is 202 g/mol. The largest absolute Gasteiger partial charge is 0.357 e. The molecule has 3 N–H and O–H groups in total. The molecule has 0 aliphatic heterocycles. The zero-order chi connectivity index (χ0) is 12.1. The zero-order valence-corrected chi connectivity index (χ0v) is 10.5. The molecule has 1 aromatic rings. The van der Waals surface area contributed by atoms with Gasteiger partial charge in [-0.25, -0.2) is 15.8 Å². The lowest BCUT2D eigenvalue weighted by Crippen LogP contribution is -2.26. The number of nitrogens with two attached hydrogens (primary N) is 1. The monoisotopic (exact) mass is 223 g/mol. The molecule has 0 amide bonds. The third kappa shape index (κ3) is 2.41. The van der Waals surface area contributed by atoms with Crippen LogP contribution in [0.4, 0.5) is 11.6 Å². The fourth-order valence-electron chi connectivity index (χ4n) is 1.68. The number of nitrogens with zero attached hydrogens (tertiary/aromatic N) is 3. The average molecular weight is 223 g/mol. The Morgan fingerprint density at radius 1 is 1.19 bits per heavy atom. The molecule has 0 aliphatic carbocycles. The van der Waals surface area contributed by atoms with Crippen LogP contribution < -0.4 is 16.2 Å². The number of nitrogens with one attached hydrogen (secondary N) is 1. The van der Waals surface area contributed by atoms with Gasteiger partial charge in [-0.1, -0.05) is 6.92 Å². The molecule has 5 heteroatoms. The highest BCUT2D eigenvalue weighted by Crippen LogP contribution is 2.22. The molecule has 0 unspecified atom stereocenters. The fraction of sp³-hybridized carbons (Fsp3) is 0.636. The molecule has 5 nitrogen and oxygen atoms in total. The van der Waals surface area contributed by atoms with E-state index < -0.39 is 0 Å². The minimum atomic E-state index is 0.716. The first-order valence-corrected chi connectivity index (χ1v) is 5.76. The number of hydrogen-bond donors (Lipinski definition) is 2. The van der Waals surface area contributed by atoms with Gasteiger partial charge in [0, 0.05) is 25.1 Å². The van der Waals surface area contributed by atoms with Crippen molar-refractivity contribution in [1.82, 2.24) is 9.97 Å². The summed E-state index contributed by atoms with van der Waals surface area (Å²) in [5.41, 5.74) is 3.64. The van der Waals surface area contributed by atoms with Crippen LogP contribution in [0.5, 0.6) is 0 Å². The van der Waals surface area contributed by atoms with E-state index in [-0.39, 0.29) is 0 Å². The van der Waals surface area contributed by atoms with Gasteiger partial charge < -0.3 is 10.3 Å². The van der Waals surface area contributed by atoms with Gasteiger partial charge in [0.1, 0.15) is 17.5 Å². The number of nitrogen functional groups attached to an aromatic ring is 1. The van der Waals surface area contributed by atoms with Gasteiger partial charge in [-0.15, -0.1) is 0 Å². The van der Waals surface area contributed by atoms with Gasteiger partial charge in [-0.2, -0.15) is 0 Å². The minimum Gasteiger partial charge on any atom is -0.357 e. The fourth-order valence-corrected chi connectivity index (χ4v) is 1.68. The molecular formula is C11H21N5. The van der Waals surface area contributed by atoms with Gasteiger partial charge in [0.15, 0.2) is 0 Å². The molecule has 1 rings (SSSR count). The first-order valence-electron chi connectivity index (χ1n) is 5.76. The van der Waals surface area contributed by atoms with Gasteiger partial charge in [-0.3, -0.25) is 0 Å². The van der Waals surface area contributed by atoms with E-state index in [1.54, 1.807) is 0 Å². The number of rotatable bonds is 5. The summed E-state index contributed by atoms with van der Waals surface area (Å²) in [5, 5.41) is 0. The van der Waals surface area contributed by atoms with E-state index in [0.29, 0.717) is 5.82 Å². The maximum Gasteiger partial charge on any atom is 0.148 e. The highest BCUT2D eigenvalue weighted by Gasteiger charge is 2.13. The van der Waals surface area contributed by atoms with Crippen molar-refractivity contribution < 1.29 is 0 Å². The van der Waals surface area contributed by atoms with E-state index in [1.165, 1.54) is 0 Å². The molecule has 0 saturated heterocycles. The van der Waals surface area contributed by atoms with Crippen LogP contribution in [0.25, 0.3) is 0 Å². The summed E-state index contributed by atoms with van der Waals surface area (Å²) in [7, 11) is 0. The van der Waals surface area contributed by atoms with Crippen molar-refractivity contribution in [3.05, 3.63) is 11.4 Å². The van der Waals surface area contributed by atoms with E-state index in [1.807, 2.05) is 13.8 Å². The van der Waals surface area contributed by atoms with Crippen molar-refractivity contribution >= 4 is 11.6 Å². The summed E-state index contributed by atoms with van der Waals surface area (Å²) in [4.78, 5) is 11.1. The van der Waals surface area contributed by atoms with Crippen molar-refractivity contribution in [2.45, 2.75) is 34.1 Å². The SMILES string of the molecule is CCc1nc(NN)c(C)c(N(CC)CC)n1. The Morgan fingerprint density at radius 3 is 2.25 bits per heavy atom. The lowest BCUT2D eigenvalue weighted by atomic mass is 10.2. The molecule has 0 aliphatic rings. The van der Waals surface area contributed by atoms with Crippen LogP contribution in [0.1, 0.15) is 32.2 Å². The molecule has 0 saturated carbocycles. The van der Waals surface area contributed by atoms with Crippen LogP contribution in [0, 0.1) is 6.92 Å². The first kappa shape index (κ1) is 12.7. The van der Waals surface area contributed by atoms with Crippen LogP contribution in [0.15, 0.2) is 0 Å². The second kappa shape index (κ2) is 5.65. The van der Waals surface area contributed by atoms with Crippen molar-refractivity contribution in [2.75, 3.05) is 23.4 Å². The summed E-state index contributed by atoms with van der Waals surface area (Å²) in [6.45, 7) is 10.1. The summed E-state index contributed by atoms with van der Waals surface area (Å²) in [6.07, 6.45) is 0.809. The van der Waals surface area contributed by atoms with Gasteiger partial charge >= 0.3 is 0 Å². The van der Waals surface area contributed by atoms with Crippen LogP contribution in [0.3, 0.4) is 0 Å². The maximum absolute atomic E-state index is 5.47. The molecule has 16 heavy (non-hydrogen) atoms. The van der Waals surface area contributed by atoms with E-state index in [2.05, 4.69) is 34.1 Å². The molecule has 1 aromatic heterocycles. The third-order valence-electron chi connectivity index (χ3n) is 2.68. The number of hydrazine groups is 1. The molecule has 0 radical (unpaired) electrons. The Hall–Kier alpha value is -1.36. The average Bonchev–Trinajstić information content (AvgIpc) is 2.32. The zero-order valence-electron chi connectivity index (χ0n) is 10.5. The summed E-state index contributed by atoms with van der Waals surface area (Å²) < 4.78 is 0. The predicted molar refractivity (Wildman–Crippen MR) is 67.5 cm³/mol. The van der Waals surface area contributed by atoms with Gasteiger partial charge in [0.25, 0.3) is 0 Å². The Kier molecular flexibility index (Phi) is 4.49. The standard InChI is InChI=1S/C11H21N5/c1-5-9-13-10(15-12)8(4)11(14-9)16(6-2)7-3/h5-7,12H2,1-4H3,(H,13,14,15). The molecule has 1 heterocycles. The van der Waals surface area contributed by atoms with Gasteiger partial charge in [0.2, 0.25) is 0 Å². The molecule has 0 aromatic carbocycles. The predicted octanol–water partition coefficient (Wildman–Crippen LogP) is 1.48. The molecule has 90 valence electrons. The Bertz CT molecular complexity index is 346. The molecule has 0 bridgehead atoms. The van der Waals surface area contributed by atoms with Crippen LogP contribution in [-0.2, 0) is 6.42 Å². The number of anilines is 2.